The summed E-state index contributed by atoms with van der Waals surface area (Å²) in [4.78, 5) is 14.9. The molecule has 2 heterocycles. The average Bonchev–Trinajstić information content (AvgIpc) is 2.91. The highest BCUT2D eigenvalue weighted by atomic mass is 35.5. The van der Waals surface area contributed by atoms with Crippen LogP contribution < -0.4 is 0 Å². The van der Waals surface area contributed by atoms with Crippen LogP contribution in [0.2, 0.25) is 10.0 Å². The molecule has 1 N–H and O–H groups in total. The minimum Gasteiger partial charge on any atom is -0.427 e. The Kier molecular flexibility index (Phi) is 4.41. The highest BCUT2D eigenvalue weighted by molar-refractivity contribution is 6.40. The van der Waals surface area contributed by atoms with E-state index in [0.29, 0.717) is 41.6 Å². The van der Waals surface area contributed by atoms with Gasteiger partial charge < -0.3 is 14.5 Å². The summed E-state index contributed by atoms with van der Waals surface area (Å²) in [5.74, 6) is -1.56. The smallest absolute Gasteiger partial charge is 0.305 e. The van der Waals surface area contributed by atoms with Crippen molar-refractivity contribution in [2.24, 2.45) is 0 Å². The Balaban J connectivity index is 2.24. The highest BCUT2D eigenvalue weighted by Gasteiger charge is 2.43. The van der Waals surface area contributed by atoms with Gasteiger partial charge in [0.2, 0.25) is 0 Å². The van der Waals surface area contributed by atoms with Gasteiger partial charge in [0, 0.05) is 18.7 Å². The normalized spacial score (nSPS) is 20.3. The van der Waals surface area contributed by atoms with Crippen LogP contribution in [0.15, 0.2) is 24.8 Å². The van der Waals surface area contributed by atoms with Crippen LogP contribution in [0.3, 0.4) is 0 Å². The Bertz CT molecular complexity index is 784. The number of carbonyl (C=O) groups is 1. The van der Waals surface area contributed by atoms with E-state index in [-0.39, 0.29) is 0 Å². The maximum atomic E-state index is 11.6. The van der Waals surface area contributed by atoms with E-state index in [0.717, 1.165) is 16.5 Å². The molecule has 0 saturated carbocycles. The molecular formula is C17H17Cl2NO3. The van der Waals surface area contributed by atoms with E-state index >= 15 is 0 Å². The summed E-state index contributed by atoms with van der Waals surface area (Å²) in [5.41, 5.74) is 2.44. The van der Waals surface area contributed by atoms with Crippen molar-refractivity contribution in [2.45, 2.75) is 32.0 Å². The van der Waals surface area contributed by atoms with Crippen molar-refractivity contribution < 1.29 is 14.3 Å². The van der Waals surface area contributed by atoms with Crippen LogP contribution in [0.5, 0.6) is 0 Å². The number of halogens is 2. The van der Waals surface area contributed by atoms with Crippen molar-refractivity contribution in [2.75, 3.05) is 6.61 Å². The highest BCUT2D eigenvalue weighted by Crippen LogP contribution is 2.44. The number of hydrogen-bond acceptors (Lipinski definition) is 3. The zero-order chi connectivity index (χ0) is 16.6. The Morgan fingerprint density at radius 1 is 1.48 bits per heavy atom. The molecule has 1 unspecified atom stereocenters. The second kappa shape index (κ2) is 6.19. The minimum absolute atomic E-state index is 0.405. The third-order valence-corrected chi connectivity index (χ3v) is 4.64. The molecule has 0 radical (unpaired) electrons. The molecule has 0 bridgehead atoms. The number of rotatable bonds is 4. The Morgan fingerprint density at radius 3 is 2.91 bits per heavy atom. The predicted octanol–water partition coefficient (Wildman–Crippen LogP) is 4.73. The molecule has 0 fully saturated rings. The first-order valence-electron chi connectivity index (χ1n) is 7.42. The third kappa shape index (κ3) is 2.75. The molecule has 3 rings (SSSR count). The summed E-state index contributed by atoms with van der Waals surface area (Å²) in [5, 5.41) is 2.05. The van der Waals surface area contributed by atoms with Crippen LogP contribution in [-0.2, 0) is 26.5 Å². The summed E-state index contributed by atoms with van der Waals surface area (Å²) < 4.78 is 11.5. The van der Waals surface area contributed by atoms with Crippen molar-refractivity contribution >= 4 is 40.1 Å². The van der Waals surface area contributed by atoms with Crippen LogP contribution >= 0.6 is 23.2 Å². The second-order valence-corrected chi connectivity index (χ2v) is 6.34. The van der Waals surface area contributed by atoms with Gasteiger partial charge in [-0.25, -0.2) is 0 Å². The van der Waals surface area contributed by atoms with Gasteiger partial charge in [0.05, 0.1) is 27.9 Å². The molecule has 1 aromatic heterocycles. The predicted molar refractivity (Wildman–Crippen MR) is 90.8 cm³/mol. The van der Waals surface area contributed by atoms with Gasteiger partial charge in [0.15, 0.2) is 0 Å². The number of allylic oxidation sites excluding steroid dienone is 1. The molecule has 1 atom stereocenters. The fourth-order valence-electron chi connectivity index (χ4n) is 3.11. The average molecular weight is 354 g/mol. The number of hydrogen-bond donors (Lipinski definition) is 1. The summed E-state index contributed by atoms with van der Waals surface area (Å²) in [6, 6.07) is 3.51. The molecule has 1 aromatic carbocycles. The molecule has 122 valence electrons. The molecule has 1 aliphatic heterocycles. The van der Waals surface area contributed by atoms with E-state index in [4.69, 9.17) is 32.7 Å². The number of H-pyrrole nitrogens is 1. The molecule has 23 heavy (non-hydrogen) atoms. The van der Waals surface area contributed by atoms with Gasteiger partial charge in [0.25, 0.3) is 5.79 Å². The van der Waals surface area contributed by atoms with Crippen molar-refractivity contribution in [3.63, 3.8) is 0 Å². The molecule has 1 aliphatic rings. The molecule has 0 saturated heterocycles. The van der Waals surface area contributed by atoms with Crippen molar-refractivity contribution in [1.82, 2.24) is 4.98 Å². The molecular weight excluding hydrogens is 337 g/mol. The van der Waals surface area contributed by atoms with Crippen LogP contribution in [0.1, 0.15) is 31.0 Å². The van der Waals surface area contributed by atoms with Crippen LogP contribution in [0, 0.1) is 0 Å². The lowest BCUT2D eigenvalue weighted by Gasteiger charge is -2.36. The minimum atomic E-state index is -1.15. The lowest BCUT2D eigenvalue weighted by atomic mass is 9.96. The number of benzene rings is 1. The first kappa shape index (κ1) is 16.4. The van der Waals surface area contributed by atoms with E-state index in [1.165, 1.54) is 6.92 Å². The molecule has 6 heteroatoms. The number of carbonyl (C=O) groups excluding carboxylic acids is 1. The van der Waals surface area contributed by atoms with E-state index in [9.17, 15) is 4.79 Å². The van der Waals surface area contributed by atoms with Crippen LogP contribution in [-0.4, -0.2) is 17.6 Å². The van der Waals surface area contributed by atoms with E-state index < -0.39 is 11.8 Å². The van der Waals surface area contributed by atoms with Crippen molar-refractivity contribution in [1.29, 1.82) is 0 Å². The molecule has 0 aliphatic carbocycles. The molecule has 4 nitrogen and oxygen atoms in total. The summed E-state index contributed by atoms with van der Waals surface area (Å²) in [6.07, 6.45) is 3.56. The van der Waals surface area contributed by atoms with Crippen LogP contribution in [0.25, 0.3) is 10.9 Å². The van der Waals surface area contributed by atoms with Crippen molar-refractivity contribution in [3.8, 4) is 0 Å². The standard InChI is InChI=1S/C17H17Cl2NO3/c1-3-4-8-17(23-10(2)21)16-11(7-9-22-17)14-12(18)5-6-13(19)15(14)20-16/h3,5-6,20H,1,4,7-9H2,2H3. The molecule has 2 aromatic rings. The lowest BCUT2D eigenvalue weighted by Crippen LogP contribution is -2.39. The van der Waals surface area contributed by atoms with E-state index in [1.54, 1.807) is 18.2 Å². The Morgan fingerprint density at radius 2 is 2.22 bits per heavy atom. The van der Waals surface area contributed by atoms with Gasteiger partial charge in [-0.3, -0.25) is 4.79 Å². The summed E-state index contributed by atoms with van der Waals surface area (Å²) in [6.45, 7) is 5.54. The number of aromatic amines is 1. The molecule has 0 spiro atoms. The number of ether oxygens (including phenoxy) is 2. The van der Waals surface area contributed by atoms with Gasteiger partial charge in [-0.1, -0.05) is 29.3 Å². The lowest BCUT2D eigenvalue weighted by molar-refractivity contribution is -0.247. The largest absolute Gasteiger partial charge is 0.427 e. The van der Waals surface area contributed by atoms with Gasteiger partial charge in [0.1, 0.15) is 0 Å². The molecule has 0 amide bonds. The van der Waals surface area contributed by atoms with Gasteiger partial charge in [-0.2, -0.15) is 0 Å². The van der Waals surface area contributed by atoms with Crippen LogP contribution in [0.4, 0.5) is 0 Å². The summed E-state index contributed by atoms with van der Waals surface area (Å²) in [7, 11) is 0. The fraction of sp³-hybridized carbons (Fsp3) is 0.353. The van der Waals surface area contributed by atoms with Gasteiger partial charge in [-0.05, 0) is 30.5 Å². The second-order valence-electron chi connectivity index (χ2n) is 5.53. The number of nitrogens with one attached hydrogen (secondary N) is 1. The van der Waals surface area contributed by atoms with Crippen molar-refractivity contribution in [3.05, 3.63) is 46.1 Å². The van der Waals surface area contributed by atoms with Gasteiger partial charge >= 0.3 is 5.97 Å². The van der Waals surface area contributed by atoms with E-state index in [1.807, 2.05) is 0 Å². The number of fused-ring (bicyclic) bond motifs is 3. The fourth-order valence-corrected chi connectivity index (χ4v) is 3.59. The zero-order valence-corrected chi connectivity index (χ0v) is 14.3. The van der Waals surface area contributed by atoms with E-state index in [2.05, 4.69) is 11.6 Å². The Hall–Kier alpha value is -1.49. The first-order valence-corrected chi connectivity index (χ1v) is 8.17. The zero-order valence-electron chi connectivity index (χ0n) is 12.7. The first-order chi connectivity index (χ1) is 11.0. The van der Waals surface area contributed by atoms with Gasteiger partial charge in [-0.15, -0.1) is 6.58 Å². The third-order valence-electron chi connectivity index (χ3n) is 4.01. The topological polar surface area (TPSA) is 51.3 Å². The number of esters is 1. The number of aromatic nitrogens is 1. The maximum absolute atomic E-state index is 11.6. The summed E-state index contributed by atoms with van der Waals surface area (Å²) >= 11 is 12.7. The Labute approximate surface area is 144 Å². The quantitative estimate of drug-likeness (QED) is 0.638. The SMILES string of the molecule is C=CCCC1(OC(C)=O)OCCc2c1[nH]c1c(Cl)ccc(Cl)c21. The monoisotopic (exact) mass is 353 g/mol. The maximum Gasteiger partial charge on any atom is 0.305 e.